The molecule has 0 aliphatic heterocycles. The summed E-state index contributed by atoms with van der Waals surface area (Å²) >= 11 is 6.33. The number of amides is 1. The number of aliphatic imine (C=N–C) groups is 1. The number of benzene rings is 2. The quantitative estimate of drug-likeness (QED) is 0.375. The molecule has 4 nitrogen and oxygen atoms in total. The van der Waals surface area contributed by atoms with Crippen molar-refractivity contribution in [3.05, 3.63) is 81.7 Å². The zero-order valence-corrected chi connectivity index (χ0v) is 20.4. The molecule has 0 aromatic heterocycles. The van der Waals surface area contributed by atoms with E-state index in [9.17, 15) is 13.6 Å². The van der Waals surface area contributed by atoms with Gasteiger partial charge in [-0.3, -0.25) is 9.79 Å². The van der Waals surface area contributed by atoms with E-state index in [-0.39, 0.29) is 17.0 Å². The van der Waals surface area contributed by atoms with Crippen molar-refractivity contribution >= 4 is 34.5 Å². The van der Waals surface area contributed by atoms with E-state index < -0.39 is 11.6 Å². The molecular formula is C26H30ClF2N3O. The van der Waals surface area contributed by atoms with Crippen LogP contribution in [0.1, 0.15) is 62.0 Å². The van der Waals surface area contributed by atoms with Crippen molar-refractivity contribution in [1.29, 1.82) is 0 Å². The molecular weight excluding hydrogens is 444 g/mol. The average Bonchev–Trinajstić information content (AvgIpc) is 2.79. The van der Waals surface area contributed by atoms with Crippen molar-refractivity contribution in [2.75, 3.05) is 11.9 Å². The van der Waals surface area contributed by atoms with Crippen LogP contribution in [0.5, 0.6) is 0 Å². The van der Waals surface area contributed by atoms with Gasteiger partial charge >= 0.3 is 0 Å². The Hall–Kier alpha value is -2.99. The van der Waals surface area contributed by atoms with Crippen LogP contribution in [0, 0.1) is 18.6 Å². The van der Waals surface area contributed by atoms with Gasteiger partial charge in [0.25, 0.3) is 5.91 Å². The Labute approximate surface area is 199 Å². The molecule has 0 heterocycles. The molecule has 0 fully saturated rings. The minimum absolute atomic E-state index is 0.173. The lowest BCUT2D eigenvalue weighted by Crippen LogP contribution is -2.24. The van der Waals surface area contributed by atoms with E-state index in [1.807, 2.05) is 26.8 Å². The summed E-state index contributed by atoms with van der Waals surface area (Å²) in [6.45, 7) is 9.58. The molecule has 0 atom stereocenters. The van der Waals surface area contributed by atoms with Gasteiger partial charge in [0.15, 0.2) is 11.6 Å². The number of hydrogen-bond donors (Lipinski definition) is 2. The smallest absolute Gasteiger partial charge is 0.252 e. The molecule has 0 aliphatic carbocycles. The summed E-state index contributed by atoms with van der Waals surface area (Å²) in [7, 11) is 0. The van der Waals surface area contributed by atoms with Crippen LogP contribution in [-0.4, -0.2) is 18.2 Å². The van der Waals surface area contributed by atoms with Crippen LogP contribution in [0.2, 0.25) is 5.02 Å². The summed E-state index contributed by atoms with van der Waals surface area (Å²) in [5.41, 5.74) is 3.45. The van der Waals surface area contributed by atoms with Gasteiger partial charge in [-0.1, -0.05) is 43.7 Å². The first-order valence-electron chi connectivity index (χ1n) is 10.9. The maximum Gasteiger partial charge on any atom is 0.252 e. The highest BCUT2D eigenvalue weighted by atomic mass is 35.5. The molecule has 0 saturated carbocycles. The molecule has 2 rings (SSSR count). The number of nitrogens with zero attached hydrogens (tertiary/aromatic N) is 1. The van der Waals surface area contributed by atoms with Crippen molar-refractivity contribution in [2.24, 2.45) is 4.99 Å². The van der Waals surface area contributed by atoms with E-state index in [2.05, 4.69) is 15.6 Å². The Morgan fingerprint density at radius 2 is 1.79 bits per heavy atom. The highest BCUT2D eigenvalue weighted by Gasteiger charge is 2.13. The molecule has 0 radical (unpaired) electrons. The third-order valence-corrected chi connectivity index (χ3v) is 5.29. The van der Waals surface area contributed by atoms with Gasteiger partial charge in [-0.2, -0.15) is 0 Å². The third kappa shape index (κ3) is 6.99. The molecule has 0 aliphatic rings. The maximum atomic E-state index is 14.3. The number of carbonyl (C=O) groups is 1. The number of hydrogen-bond acceptors (Lipinski definition) is 3. The summed E-state index contributed by atoms with van der Waals surface area (Å²) in [4.78, 5) is 16.6. The van der Waals surface area contributed by atoms with Crippen molar-refractivity contribution in [3.8, 4) is 0 Å². The lowest BCUT2D eigenvalue weighted by atomic mass is 10.1. The Morgan fingerprint density at radius 3 is 2.42 bits per heavy atom. The van der Waals surface area contributed by atoms with Crippen LogP contribution >= 0.6 is 11.6 Å². The van der Waals surface area contributed by atoms with E-state index in [4.69, 9.17) is 11.6 Å². The predicted octanol–water partition coefficient (Wildman–Crippen LogP) is 7.29. The van der Waals surface area contributed by atoms with Gasteiger partial charge in [-0.15, -0.1) is 0 Å². The lowest BCUT2D eigenvalue weighted by Gasteiger charge is -2.13. The van der Waals surface area contributed by atoms with Gasteiger partial charge in [0.2, 0.25) is 0 Å². The largest absolute Gasteiger partial charge is 0.354 e. The number of anilines is 1. The van der Waals surface area contributed by atoms with Crippen LogP contribution in [0.3, 0.4) is 0 Å². The molecule has 33 heavy (non-hydrogen) atoms. The Morgan fingerprint density at radius 1 is 1.09 bits per heavy atom. The second kappa shape index (κ2) is 12.3. The Bertz CT molecular complexity index is 1110. The highest BCUT2D eigenvalue weighted by molar-refractivity contribution is 6.34. The highest BCUT2D eigenvalue weighted by Crippen LogP contribution is 2.24. The molecule has 1 amide bonds. The summed E-state index contributed by atoms with van der Waals surface area (Å²) in [6.07, 6.45) is 5.07. The van der Waals surface area contributed by atoms with Gasteiger partial charge in [0.1, 0.15) is 0 Å². The van der Waals surface area contributed by atoms with E-state index in [0.29, 0.717) is 34.1 Å². The fourth-order valence-corrected chi connectivity index (χ4v) is 3.31. The standard InChI is InChI=1S/C26H30ClF2N3O/c1-6-8-23(32-19-10-12-21(22(27)14-19)26(33)30-13-7-2)18(5)31-15-17(4)20-11-9-16(3)24(28)25(20)29/h8-12,14-15,32H,6-7,13H2,1-5H3,(H,30,33)/b17-15+,23-8-,31-18+. The lowest BCUT2D eigenvalue weighted by molar-refractivity contribution is 0.0954. The molecule has 0 spiro atoms. The van der Waals surface area contributed by atoms with Crippen molar-refractivity contribution in [2.45, 2.75) is 47.5 Å². The first-order chi connectivity index (χ1) is 15.7. The zero-order chi connectivity index (χ0) is 24.5. The molecule has 7 heteroatoms. The second-order valence-corrected chi connectivity index (χ2v) is 8.09. The zero-order valence-electron chi connectivity index (χ0n) is 19.7. The molecule has 0 unspecified atom stereocenters. The average molecular weight is 474 g/mol. The van der Waals surface area contributed by atoms with Crippen molar-refractivity contribution < 1.29 is 13.6 Å². The summed E-state index contributed by atoms with van der Waals surface area (Å²) < 4.78 is 28.2. The SMILES string of the molecule is CC/C=C(Nc1ccc(C(=O)NCCC)c(Cl)c1)/C(C)=N/C=C(\C)c1ccc(C)c(F)c1F. The predicted molar refractivity (Wildman–Crippen MR) is 134 cm³/mol. The van der Waals surface area contributed by atoms with Crippen LogP contribution in [0.4, 0.5) is 14.5 Å². The number of aryl methyl sites for hydroxylation is 1. The summed E-state index contributed by atoms with van der Waals surface area (Å²) in [5, 5.41) is 6.42. The summed E-state index contributed by atoms with van der Waals surface area (Å²) in [6, 6.07) is 8.22. The first kappa shape index (κ1) is 26.3. The van der Waals surface area contributed by atoms with Crippen LogP contribution in [0.15, 0.2) is 53.3 Å². The molecule has 2 aromatic carbocycles. The van der Waals surface area contributed by atoms with E-state index >= 15 is 0 Å². The second-order valence-electron chi connectivity index (χ2n) is 7.69. The van der Waals surface area contributed by atoms with Crippen molar-refractivity contribution in [3.63, 3.8) is 0 Å². The van der Waals surface area contributed by atoms with Gasteiger partial charge in [-0.25, -0.2) is 8.78 Å². The van der Waals surface area contributed by atoms with Crippen LogP contribution in [0.25, 0.3) is 5.57 Å². The number of allylic oxidation sites excluding steroid dienone is 3. The minimum Gasteiger partial charge on any atom is -0.354 e. The van der Waals surface area contributed by atoms with Gasteiger partial charge < -0.3 is 10.6 Å². The fourth-order valence-electron chi connectivity index (χ4n) is 3.04. The molecule has 0 bridgehead atoms. The first-order valence-corrected chi connectivity index (χ1v) is 11.3. The van der Waals surface area contributed by atoms with E-state index in [1.54, 1.807) is 37.3 Å². The molecule has 2 aromatic rings. The molecule has 0 saturated heterocycles. The van der Waals surface area contributed by atoms with E-state index in [0.717, 1.165) is 18.5 Å². The maximum absolute atomic E-state index is 14.3. The van der Waals surface area contributed by atoms with Gasteiger partial charge in [-0.05, 0) is 62.9 Å². The fraction of sp³-hybridized carbons (Fsp3) is 0.308. The molecule has 176 valence electrons. The van der Waals surface area contributed by atoms with Gasteiger partial charge in [0.05, 0.1) is 22.0 Å². The Kier molecular flexibility index (Phi) is 9.79. The van der Waals surface area contributed by atoms with Crippen LogP contribution < -0.4 is 10.6 Å². The van der Waals surface area contributed by atoms with E-state index in [1.165, 1.54) is 13.1 Å². The molecule has 2 N–H and O–H groups in total. The number of carbonyl (C=O) groups excluding carboxylic acids is 1. The van der Waals surface area contributed by atoms with Crippen LogP contribution in [-0.2, 0) is 0 Å². The number of halogens is 3. The monoisotopic (exact) mass is 473 g/mol. The van der Waals surface area contributed by atoms with Gasteiger partial charge in [0, 0.05) is 24.0 Å². The Balaban J connectivity index is 2.25. The number of nitrogens with one attached hydrogen (secondary N) is 2. The topological polar surface area (TPSA) is 53.5 Å². The number of rotatable bonds is 9. The third-order valence-electron chi connectivity index (χ3n) is 4.98. The summed E-state index contributed by atoms with van der Waals surface area (Å²) in [5.74, 6) is -1.94. The van der Waals surface area contributed by atoms with Crippen molar-refractivity contribution in [1.82, 2.24) is 5.32 Å². The minimum atomic E-state index is -0.878. The normalized spacial score (nSPS) is 12.7.